The largest absolute Gasteiger partial charge is 0.478 e. The van der Waals surface area contributed by atoms with Gasteiger partial charge < -0.3 is 4.74 Å². The first-order chi connectivity index (χ1) is 6.36. The fourth-order valence-corrected chi connectivity index (χ4v) is 1.57. The number of nitrogens with zero attached hydrogens (tertiary/aromatic N) is 1. The van der Waals surface area contributed by atoms with Crippen molar-refractivity contribution in [3.05, 3.63) is 34.9 Å². The van der Waals surface area contributed by atoms with E-state index in [0.29, 0.717) is 0 Å². The van der Waals surface area contributed by atoms with Crippen molar-refractivity contribution in [1.82, 2.24) is 0 Å². The summed E-state index contributed by atoms with van der Waals surface area (Å²) in [7, 11) is 0. The van der Waals surface area contributed by atoms with Crippen LogP contribution in [0.2, 0.25) is 5.02 Å². The molecule has 0 aliphatic carbocycles. The molecule has 2 rings (SSSR count). The number of aliphatic imine (C=N–C) groups is 1. The molecule has 0 spiro atoms. The number of benzene rings is 1. The van der Waals surface area contributed by atoms with Gasteiger partial charge in [0, 0.05) is 11.4 Å². The molecule has 0 aromatic heterocycles. The molecule has 13 heavy (non-hydrogen) atoms. The van der Waals surface area contributed by atoms with Gasteiger partial charge in [0.1, 0.15) is 6.10 Å². The van der Waals surface area contributed by atoms with Gasteiger partial charge in [-0.1, -0.05) is 29.8 Å². The maximum Gasteiger partial charge on any atom is 0.170 e. The van der Waals surface area contributed by atoms with Gasteiger partial charge in [0.15, 0.2) is 6.40 Å². The van der Waals surface area contributed by atoms with Crippen LogP contribution < -0.4 is 0 Å². The standard InChI is InChI=1S/C10H10ClNO/c11-10-4-2-1-3-8(10)5-9-6-12-7-13-9/h1-4,7,9H,5-6H2. The lowest BCUT2D eigenvalue weighted by atomic mass is 10.1. The van der Waals surface area contributed by atoms with Gasteiger partial charge in [0.25, 0.3) is 0 Å². The molecule has 0 fully saturated rings. The van der Waals surface area contributed by atoms with Crippen LogP contribution in [0.1, 0.15) is 5.56 Å². The van der Waals surface area contributed by atoms with E-state index in [1.54, 1.807) is 0 Å². The summed E-state index contributed by atoms with van der Waals surface area (Å²) in [6.45, 7) is 0.741. The summed E-state index contributed by atoms with van der Waals surface area (Å²) in [5.74, 6) is 0. The van der Waals surface area contributed by atoms with Crippen LogP contribution >= 0.6 is 11.6 Å². The molecule has 1 heterocycles. The second-order valence-electron chi connectivity index (χ2n) is 3.02. The lowest BCUT2D eigenvalue weighted by molar-refractivity contribution is 0.234. The number of halogens is 1. The van der Waals surface area contributed by atoms with Crippen molar-refractivity contribution in [3.8, 4) is 0 Å². The summed E-state index contributed by atoms with van der Waals surface area (Å²) in [5, 5.41) is 0.804. The van der Waals surface area contributed by atoms with E-state index in [4.69, 9.17) is 16.3 Å². The van der Waals surface area contributed by atoms with Gasteiger partial charge in [-0.25, -0.2) is 0 Å². The van der Waals surface area contributed by atoms with Crippen LogP contribution in [0.5, 0.6) is 0 Å². The molecule has 1 aliphatic rings. The summed E-state index contributed by atoms with van der Waals surface area (Å²) in [4.78, 5) is 4.00. The molecule has 1 unspecified atom stereocenters. The molecular weight excluding hydrogens is 186 g/mol. The lowest BCUT2D eigenvalue weighted by Crippen LogP contribution is -2.13. The van der Waals surface area contributed by atoms with Crippen molar-refractivity contribution < 1.29 is 4.74 Å². The first-order valence-electron chi connectivity index (χ1n) is 4.23. The second-order valence-corrected chi connectivity index (χ2v) is 3.43. The second kappa shape index (κ2) is 3.79. The maximum absolute atomic E-state index is 6.01. The monoisotopic (exact) mass is 195 g/mol. The van der Waals surface area contributed by atoms with Gasteiger partial charge in [0.05, 0.1) is 6.54 Å². The summed E-state index contributed by atoms with van der Waals surface area (Å²) >= 11 is 6.01. The fraction of sp³-hybridized carbons (Fsp3) is 0.300. The van der Waals surface area contributed by atoms with Crippen LogP contribution in [-0.4, -0.2) is 19.0 Å². The van der Waals surface area contributed by atoms with E-state index in [0.717, 1.165) is 23.6 Å². The zero-order chi connectivity index (χ0) is 9.10. The SMILES string of the molecule is Clc1ccccc1CC1CN=CO1. The van der Waals surface area contributed by atoms with E-state index < -0.39 is 0 Å². The first kappa shape index (κ1) is 8.57. The topological polar surface area (TPSA) is 21.6 Å². The molecular formula is C10H10ClNO. The number of ether oxygens (including phenoxy) is 1. The highest BCUT2D eigenvalue weighted by molar-refractivity contribution is 6.31. The predicted molar refractivity (Wildman–Crippen MR) is 53.4 cm³/mol. The van der Waals surface area contributed by atoms with E-state index in [1.807, 2.05) is 24.3 Å². The Labute approximate surface area is 82.2 Å². The van der Waals surface area contributed by atoms with Gasteiger partial charge in [-0.2, -0.15) is 0 Å². The quantitative estimate of drug-likeness (QED) is 0.710. The van der Waals surface area contributed by atoms with Crippen LogP contribution in [0.25, 0.3) is 0 Å². The highest BCUT2D eigenvalue weighted by atomic mass is 35.5. The van der Waals surface area contributed by atoms with Gasteiger partial charge in [-0.3, -0.25) is 4.99 Å². The van der Waals surface area contributed by atoms with Crippen LogP contribution in [0.3, 0.4) is 0 Å². The summed E-state index contributed by atoms with van der Waals surface area (Å²) < 4.78 is 5.26. The molecule has 1 aromatic rings. The van der Waals surface area contributed by atoms with Crippen molar-refractivity contribution in [2.75, 3.05) is 6.54 Å². The van der Waals surface area contributed by atoms with Crippen molar-refractivity contribution in [1.29, 1.82) is 0 Å². The van der Waals surface area contributed by atoms with E-state index in [9.17, 15) is 0 Å². The van der Waals surface area contributed by atoms with Crippen molar-refractivity contribution in [3.63, 3.8) is 0 Å². The van der Waals surface area contributed by atoms with Crippen molar-refractivity contribution >= 4 is 18.0 Å². The van der Waals surface area contributed by atoms with E-state index in [1.165, 1.54) is 6.40 Å². The van der Waals surface area contributed by atoms with Crippen molar-refractivity contribution in [2.24, 2.45) is 4.99 Å². The first-order valence-corrected chi connectivity index (χ1v) is 4.61. The predicted octanol–water partition coefficient (Wildman–Crippen LogP) is 2.31. The van der Waals surface area contributed by atoms with Crippen LogP contribution in [0.15, 0.2) is 29.3 Å². The van der Waals surface area contributed by atoms with E-state index in [-0.39, 0.29) is 6.10 Å². The van der Waals surface area contributed by atoms with Gasteiger partial charge >= 0.3 is 0 Å². The highest BCUT2D eigenvalue weighted by Gasteiger charge is 2.14. The number of rotatable bonds is 2. The third kappa shape index (κ3) is 2.01. The van der Waals surface area contributed by atoms with Crippen LogP contribution in [0.4, 0.5) is 0 Å². The maximum atomic E-state index is 6.01. The molecule has 2 nitrogen and oxygen atoms in total. The molecule has 0 N–H and O–H groups in total. The molecule has 0 bridgehead atoms. The Bertz CT molecular complexity index is 316. The smallest absolute Gasteiger partial charge is 0.170 e. The Balaban J connectivity index is 2.05. The highest BCUT2D eigenvalue weighted by Crippen LogP contribution is 2.18. The van der Waals surface area contributed by atoms with Gasteiger partial charge in [-0.05, 0) is 11.6 Å². The Kier molecular flexibility index (Phi) is 2.50. The minimum atomic E-state index is 0.167. The lowest BCUT2D eigenvalue weighted by Gasteiger charge is -2.09. The summed E-state index contributed by atoms with van der Waals surface area (Å²) in [6, 6.07) is 7.82. The zero-order valence-corrected chi connectivity index (χ0v) is 7.87. The number of hydrogen-bond acceptors (Lipinski definition) is 2. The Morgan fingerprint density at radius 3 is 3.00 bits per heavy atom. The third-order valence-corrected chi connectivity index (χ3v) is 2.41. The fourth-order valence-electron chi connectivity index (χ4n) is 1.35. The summed E-state index contributed by atoms with van der Waals surface area (Å²) in [5.41, 5.74) is 1.12. The zero-order valence-electron chi connectivity index (χ0n) is 7.11. The molecule has 0 radical (unpaired) electrons. The molecule has 1 aromatic carbocycles. The molecule has 3 heteroatoms. The minimum Gasteiger partial charge on any atom is -0.478 e. The Morgan fingerprint density at radius 2 is 2.31 bits per heavy atom. The van der Waals surface area contributed by atoms with Gasteiger partial charge in [-0.15, -0.1) is 0 Å². The molecule has 1 atom stereocenters. The van der Waals surface area contributed by atoms with E-state index >= 15 is 0 Å². The van der Waals surface area contributed by atoms with Crippen LogP contribution in [-0.2, 0) is 11.2 Å². The number of hydrogen-bond donors (Lipinski definition) is 0. The molecule has 0 saturated carbocycles. The normalized spacial score (nSPS) is 20.2. The average Bonchev–Trinajstić information content (AvgIpc) is 2.61. The van der Waals surface area contributed by atoms with Gasteiger partial charge in [0.2, 0.25) is 0 Å². The minimum absolute atomic E-state index is 0.167. The average molecular weight is 196 g/mol. The third-order valence-electron chi connectivity index (χ3n) is 2.04. The Morgan fingerprint density at radius 1 is 1.46 bits per heavy atom. The summed E-state index contributed by atoms with van der Waals surface area (Å²) in [6.07, 6.45) is 2.51. The van der Waals surface area contributed by atoms with Crippen LogP contribution in [0, 0.1) is 0 Å². The van der Waals surface area contributed by atoms with E-state index in [2.05, 4.69) is 4.99 Å². The molecule has 1 aliphatic heterocycles. The Hall–Kier alpha value is -1.02. The van der Waals surface area contributed by atoms with Crippen molar-refractivity contribution in [2.45, 2.75) is 12.5 Å². The molecule has 0 amide bonds. The molecule has 0 saturated heterocycles. The molecule has 68 valence electrons.